The lowest BCUT2D eigenvalue weighted by atomic mass is 9.86. The Bertz CT molecular complexity index is 524. The lowest BCUT2D eigenvalue weighted by Crippen LogP contribution is -2.13. The van der Waals surface area contributed by atoms with E-state index in [2.05, 4.69) is 66.6 Å². The Morgan fingerprint density at radius 1 is 1.14 bits per heavy atom. The van der Waals surface area contributed by atoms with Crippen LogP contribution >= 0.6 is 11.3 Å². The van der Waals surface area contributed by atoms with Crippen molar-refractivity contribution >= 4 is 11.3 Å². The van der Waals surface area contributed by atoms with Gasteiger partial charge in [0, 0.05) is 12.5 Å². The quantitative estimate of drug-likeness (QED) is 0.742. The SMILES string of the molecule is CCCNCc1nnc(C(c2ccccc2)C(C)CC)s1. The standard InChI is InChI=1S/C17H25N3S/c1-4-11-18-12-15-19-20-17(21-15)16(13(3)5-2)14-9-7-6-8-10-14/h6-10,13,16,18H,4-5,11-12H2,1-3H3. The van der Waals surface area contributed by atoms with Gasteiger partial charge in [-0.3, -0.25) is 0 Å². The molecule has 2 aromatic rings. The summed E-state index contributed by atoms with van der Waals surface area (Å²) in [6.45, 7) is 8.57. The zero-order valence-corrected chi connectivity index (χ0v) is 14.0. The second-order valence-corrected chi connectivity index (χ2v) is 6.58. The molecule has 0 spiro atoms. The number of rotatable bonds is 8. The van der Waals surface area contributed by atoms with Gasteiger partial charge in [-0.25, -0.2) is 0 Å². The summed E-state index contributed by atoms with van der Waals surface area (Å²) in [5.74, 6) is 0.922. The van der Waals surface area contributed by atoms with E-state index in [4.69, 9.17) is 0 Å². The molecule has 0 aliphatic carbocycles. The molecule has 2 unspecified atom stereocenters. The van der Waals surface area contributed by atoms with Crippen LogP contribution in [-0.4, -0.2) is 16.7 Å². The molecule has 0 saturated carbocycles. The summed E-state index contributed by atoms with van der Waals surface area (Å²) in [7, 11) is 0. The van der Waals surface area contributed by atoms with Crippen molar-refractivity contribution < 1.29 is 0 Å². The first-order valence-corrected chi connectivity index (χ1v) is 8.65. The van der Waals surface area contributed by atoms with Crippen LogP contribution in [0.1, 0.15) is 55.1 Å². The first-order valence-electron chi connectivity index (χ1n) is 7.84. The fourth-order valence-electron chi connectivity index (χ4n) is 2.45. The molecule has 0 fully saturated rings. The van der Waals surface area contributed by atoms with Crippen LogP contribution < -0.4 is 5.32 Å². The van der Waals surface area contributed by atoms with E-state index in [1.54, 1.807) is 11.3 Å². The molecule has 3 nitrogen and oxygen atoms in total. The zero-order valence-electron chi connectivity index (χ0n) is 13.2. The zero-order chi connectivity index (χ0) is 15.1. The lowest BCUT2D eigenvalue weighted by molar-refractivity contribution is 0.492. The summed E-state index contributed by atoms with van der Waals surface area (Å²) in [6, 6.07) is 10.7. The Kier molecular flexibility index (Phi) is 6.33. The number of nitrogens with one attached hydrogen (secondary N) is 1. The molecule has 2 atom stereocenters. The molecular formula is C17H25N3S. The van der Waals surface area contributed by atoms with Crippen LogP contribution in [0.4, 0.5) is 0 Å². The fraction of sp³-hybridized carbons (Fsp3) is 0.529. The Labute approximate surface area is 131 Å². The van der Waals surface area contributed by atoms with E-state index >= 15 is 0 Å². The molecule has 21 heavy (non-hydrogen) atoms. The summed E-state index contributed by atoms with van der Waals surface area (Å²) in [5, 5.41) is 14.4. The van der Waals surface area contributed by atoms with Crippen molar-refractivity contribution in [3.8, 4) is 0 Å². The van der Waals surface area contributed by atoms with Crippen molar-refractivity contribution in [2.24, 2.45) is 5.92 Å². The average molecular weight is 303 g/mol. The van der Waals surface area contributed by atoms with Gasteiger partial charge in [0.25, 0.3) is 0 Å². The highest BCUT2D eigenvalue weighted by molar-refractivity contribution is 7.11. The van der Waals surface area contributed by atoms with Crippen LogP contribution in [0, 0.1) is 5.92 Å². The van der Waals surface area contributed by atoms with E-state index in [1.807, 2.05) is 0 Å². The summed E-state index contributed by atoms with van der Waals surface area (Å²) < 4.78 is 0. The van der Waals surface area contributed by atoms with Crippen molar-refractivity contribution in [2.45, 2.75) is 46.1 Å². The Morgan fingerprint density at radius 3 is 2.57 bits per heavy atom. The molecule has 0 aliphatic heterocycles. The molecule has 0 aliphatic rings. The Morgan fingerprint density at radius 2 is 1.90 bits per heavy atom. The molecular weight excluding hydrogens is 278 g/mol. The molecule has 1 aromatic carbocycles. The highest BCUT2D eigenvalue weighted by Gasteiger charge is 2.23. The van der Waals surface area contributed by atoms with E-state index in [1.165, 1.54) is 5.56 Å². The summed E-state index contributed by atoms with van der Waals surface area (Å²) in [4.78, 5) is 0. The van der Waals surface area contributed by atoms with Crippen LogP contribution in [-0.2, 0) is 6.54 Å². The van der Waals surface area contributed by atoms with Crippen LogP contribution in [0.3, 0.4) is 0 Å². The third kappa shape index (κ3) is 4.35. The van der Waals surface area contributed by atoms with Crippen LogP contribution in [0.2, 0.25) is 0 Å². The van der Waals surface area contributed by atoms with Crippen LogP contribution in [0.5, 0.6) is 0 Å². The smallest absolute Gasteiger partial charge is 0.131 e. The van der Waals surface area contributed by atoms with Crippen molar-refractivity contribution in [1.82, 2.24) is 15.5 Å². The van der Waals surface area contributed by atoms with E-state index < -0.39 is 0 Å². The third-order valence-electron chi connectivity index (χ3n) is 3.82. The molecule has 0 amide bonds. The topological polar surface area (TPSA) is 37.8 Å². The van der Waals surface area contributed by atoms with E-state index in [0.29, 0.717) is 11.8 Å². The van der Waals surface area contributed by atoms with Crippen molar-refractivity contribution in [1.29, 1.82) is 0 Å². The van der Waals surface area contributed by atoms with Crippen molar-refractivity contribution in [3.63, 3.8) is 0 Å². The normalized spacial score (nSPS) is 14.0. The molecule has 1 aromatic heterocycles. The number of nitrogens with zero attached hydrogens (tertiary/aromatic N) is 2. The van der Waals surface area contributed by atoms with Gasteiger partial charge in [0.15, 0.2) is 0 Å². The first kappa shape index (κ1) is 16.1. The highest BCUT2D eigenvalue weighted by Crippen LogP contribution is 2.35. The van der Waals surface area contributed by atoms with Gasteiger partial charge >= 0.3 is 0 Å². The number of hydrogen-bond donors (Lipinski definition) is 1. The lowest BCUT2D eigenvalue weighted by Gasteiger charge is -2.20. The fourth-order valence-corrected chi connectivity index (χ4v) is 3.52. The van der Waals surface area contributed by atoms with Crippen molar-refractivity contribution in [3.05, 3.63) is 45.9 Å². The molecule has 2 rings (SSSR count). The minimum Gasteiger partial charge on any atom is -0.310 e. The minimum absolute atomic E-state index is 0.355. The largest absolute Gasteiger partial charge is 0.310 e. The molecule has 1 heterocycles. The maximum Gasteiger partial charge on any atom is 0.131 e. The molecule has 0 saturated heterocycles. The molecule has 1 N–H and O–H groups in total. The third-order valence-corrected chi connectivity index (χ3v) is 4.83. The van der Waals surface area contributed by atoms with Crippen LogP contribution in [0.25, 0.3) is 0 Å². The van der Waals surface area contributed by atoms with Gasteiger partial charge in [-0.2, -0.15) is 0 Å². The maximum atomic E-state index is 4.47. The second-order valence-electron chi connectivity index (χ2n) is 5.48. The van der Waals surface area contributed by atoms with E-state index in [9.17, 15) is 0 Å². The van der Waals surface area contributed by atoms with Gasteiger partial charge in [0.2, 0.25) is 0 Å². The predicted octanol–water partition coefficient (Wildman–Crippen LogP) is 4.22. The average Bonchev–Trinajstić information content (AvgIpc) is 2.97. The van der Waals surface area contributed by atoms with Crippen molar-refractivity contribution in [2.75, 3.05) is 6.54 Å². The minimum atomic E-state index is 0.355. The van der Waals surface area contributed by atoms with Crippen LogP contribution in [0.15, 0.2) is 30.3 Å². The Balaban J connectivity index is 2.18. The van der Waals surface area contributed by atoms with Gasteiger partial charge in [-0.1, -0.05) is 68.9 Å². The summed E-state index contributed by atoms with van der Waals surface area (Å²) in [6.07, 6.45) is 2.29. The summed E-state index contributed by atoms with van der Waals surface area (Å²) in [5.41, 5.74) is 1.34. The maximum absolute atomic E-state index is 4.47. The monoisotopic (exact) mass is 303 g/mol. The first-order chi connectivity index (χ1) is 10.3. The molecule has 4 heteroatoms. The Hall–Kier alpha value is -1.26. The predicted molar refractivity (Wildman–Crippen MR) is 89.6 cm³/mol. The van der Waals surface area contributed by atoms with E-state index in [0.717, 1.165) is 35.9 Å². The molecule has 0 radical (unpaired) electrons. The molecule has 0 bridgehead atoms. The molecule has 114 valence electrons. The number of hydrogen-bond acceptors (Lipinski definition) is 4. The van der Waals surface area contributed by atoms with Gasteiger partial charge in [0.05, 0.1) is 0 Å². The van der Waals surface area contributed by atoms with Gasteiger partial charge < -0.3 is 5.32 Å². The van der Waals surface area contributed by atoms with Gasteiger partial charge in [-0.15, -0.1) is 10.2 Å². The summed E-state index contributed by atoms with van der Waals surface area (Å²) >= 11 is 1.75. The van der Waals surface area contributed by atoms with Gasteiger partial charge in [0.1, 0.15) is 10.0 Å². The van der Waals surface area contributed by atoms with E-state index in [-0.39, 0.29) is 0 Å². The highest BCUT2D eigenvalue weighted by atomic mass is 32.1. The number of aromatic nitrogens is 2. The van der Waals surface area contributed by atoms with Gasteiger partial charge in [-0.05, 0) is 24.4 Å². The second kappa shape index (κ2) is 8.25. The number of benzene rings is 1.